The molecular formula is C42H48FN5O10S. The maximum absolute atomic E-state index is 14.9. The summed E-state index contributed by atoms with van der Waals surface area (Å²) in [7, 11) is -2.42. The number of amides is 4. The number of methoxy groups -OCH3 is 1. The molecule has 2 aromatic carbocycles. The van der Waals surface area contributed by atoms with Gasteiger partial charge in [-0.15, -0.1) is 0 Å². The molecule has 15 nitrogen and oxygen atoms in total. The number of alkyl carbamates (subject to hydrolysis) is 1. The fourth-order valence-electron chi connectivity index (χ4n) is 8.07. The number of furan rings is 1. The van der Waals surface area contributed by atoms with E-state index in [1.165, 1.54) is 30.2 Å². The number of fused-ring (bicyclic) bond motifs is 6. The van der Waals surface area contributed by atoms with Gasteiger partial charge in [-0.2, -0.15) is 0 Å². The predicted octanol–water partition coefficient (Wildman–Crippen LogP) is 5.53. The molecule has 2 saturated carbocycles. The van der Waals surface area contributed by atoms with Gasteiger partial charge in [0.2, 0.25) is 21.8 Å². The summed E-state index contributed by atoms with van der Waals surface area (Å²) in [6.07, 6.45) is 6.00. The highest BCUT2D eigenvalue weighted by atomic mass is 32.2. The molecular weight excluding hydrogens is 786 g/mol. The van der Waals surface area contributed by atoms with E-state index in [0.29, 0.717) is 58.8 Å². The average Bonchev–Trinajstić information content (AvgIpc) is 4.07. The predicted molar refractivity (Wildman–Crippen MR) is 215 cm³/mol. The minimum atomic E-state index is -3.94. The van der Waals surface area contributed by atoms with Gasteiger partial charge >= 0.3 is 6.09 Å². The second-order valence-corrected chi connectivity index (χ2v) is 18.9. The molecule has 4 heterocycles. The second-order valence-electron chi connectivity index (χ2n) is 16.9. The zero-order chi connectivity index (χ0) is 41.9. The van der Waals surface area contributed by atoms with Gasteiger partial charge < -0.3 is 34.2 Å². The molecule has 4 aliphatic rings. The molecule has 3 N–H and O–H groups in total. The summed E-state index contributed by atoms with van der Waals surface area (Å²) in [6, 6.07) is 7.02. The Kier molecular flexibility index (Phi) is 10.5. The number of hydrogen-bond donors (Lipinski definition) is 3. The van der Waals surface area contributed by atoms with Gasteiger partial charge in [-0.3, -0.25) is 19.1 Å². The van der Waals surface area contributed by atoms with Crippen molar-refractivity contribution in [2.24, 2.45) is 5.92 Å². The lowest BCUT2D eigenvalue weighted by Gasteiger charge is -2.30. The zero-order valence-electron chi connectivity index (χ0n) is 33.3. The Balaban J connectivity index is 1.17. The number of allylic oxidation sites excluding steroid dienone is 1. The van der Waals surface area contributed by atoms with Gasteiger partial charge in [0.15, 0.2) is 11.3 Å². The summed E-state index contributed by atoms with van der Waals surface area (Å²) >= 11 is 0. The minimum absolute atomic E-state index is 0.0794. The Morgan fingerprint density at radius 2 is 1.85 bits per heavy atom. The number of benzene rings is 2. The first-order valence-corrected chi connectivity index (χ1v) is 21.6. The van der Waals surface area contributed by atoms with E-state index in [1.807, 2.05) is 12.2 Å². The van der Waals surface area contributed by atoms with Crippen molar-refractivity contribution in [1.82, 2.24) is 25.2 Å². The summed E-state index contributed by atoms with van der Waals surface area (Å²) in [4.78, 5) is 62.3. The molecule has 0 unspecified atom stereocenters. The number of pyridine rings is 1. The first kappa shape index (κ1) is 40.3. The van der Waals surface area contributed by atoms with E-state index in [4.69, 9.17) is 23.6 Å². The van der Waals surface area contributed by atoms with Crippen molar-refractivity contribution in [3.05, 3.63) is 54.4 Å². The zero-order valence-corrected chi connectivity index (χ0v) is 34.2. The van der Waals surface area contributed by atoms with E-state index in [-0.39, 0.29) is 37.1 Å². The molecule has 1 saturated heterocycles. The van der Waals surface area contributed by atoms with E-state index >= 15 is 0 Å². The van der Waals surface area contributed by atoms with Crippen LogP contribution in [0, 0.1) is 11.7 Å². The first-order valence-electron chi connectivity index (χ1n) is 20.1. The molecule has 0 radical (unpaired) electrons. The summed E-state index contributed by atoms with van der Waals surface area (Å²) in [5.41, 5.74) is -0.900. The van der Waals surface area contributed by atoms with Crippen molar-refractivity contribution in [3.8, 4) is 11.5 Å². The van der Waals surface area contributed by atoms with E-state index in [1.54, 1.807) is 39.0 Å². The molecule has 4 amide bonds. The van der Waals surface area contributed by atoms with Crippen LogP contribution in [-0.2, 0) is 29.1 Å². The van der Waals surface area contributed by atoms with E-state index in [0.717, 1.165) is 12.8 Å². The van der Waals surface area contributed by atoms with Crippen molar-refractivity contribution in [1.29, 1.82) is 0 Å². The lowest BCUT2D eigenvalue weighted by atomic mass is 10.0. The van der Waals surface area contributed by atoms with Crippen molar-refractivity contribution >= 4 is 66.8 Å². The molecule has 4 aromatic rings. The monoisotopic (exact) mass is 833 g/mol. The van der Waals surface area contributed by atoms with Crippen LogP contribution in [-0.4, -0.2) is 90.3 Å². The minimum Gasteiger partial charge on any atom is -0.497 e. The van der Waals surface area contributed by atoms with Gasteiger partial charge in [0.05, 0.1) is 24.4 Å². The number of nitrogens with zero attached hydrogens (tertiary/aromatic N) is 2. The molecule has 17 heteroatoms. The molecule has 2 aliphatic carbocycles. The largest absolute Gasteiger partial charge is 0.497 e. The van der Waals surface area contributed by atoms with Crippen LogP contribution in [0.3, 0.4) is 0 Å². The third kappa shape index (κ3) is 8.25. The Labute approximate surface area is 340 Å². The number of ether oxygens (including phenoxy) is 3. The van der Waals surface area contributed by atoms with Crippen LogP contribution in [0.25, 0.3) is 33.0 Å². The van der Waals surface area contributed by atoms with Crippen LogP contribution in [0.1, 0.15) is 78.6 Å². The number of rotatable bonds is 7. The second kappa shape index (κ2) is 15.3. The summed E-state index contributed by atoms with van der Waals surface area (Å²) in [5.74, 6) is -2.44. The number of carbonyl (C=O) groups is 4. The number of nitrogens with one attached hydrogen (secondary N) is 3. The first-order chi connectivity index (χ1) is 28.0. The summed E-state index contributed by atoms with van der Waals surface area (Å²) in [6.45, 7) is 4.98. The van der Waals surface area contributed by atoms with E-state index < -0.39 is 80.2 Å². The normalized spacial score (nSPS) is 25.9. The SMILES string of the molecule is COc1ccc2c(c1)oc1c(O[C@@H]3C[C@H]4C(=O)N[C@]5(C(=O)NS(=O)(=O)C6CC6)C[C@@H]5/C=C\CCCCC[C@H](NC(=O)OC(C)(C)C)C(=O)N4C3)c3cc(F)ccc3nc12. The molecule has 0 spiro atoms. The van der Waals surface area contributed by atoms with Gasteiger partial charge in [0, 0.05) is 29.2 Å². The maximum atomic E-state index is 14.9. The highest BCUT2D eigenvalue weighted by Gasteiger charge is 2.62. The molecule has 2 aliphatic heterocycles. The third-order valence-corrected chi connectivity index (χ3v) is 13.2. The summed E-state index contributed by atoms with van der Waals surface area (Å²) < 4.78 is 66.8. The van der Waals surface area contributed by atoms with Crippen molar-refractivity contribution in [3.63, 3.8) is 0 Å². The van der Waals surface area contributed by atoms with Gasteiger partial charge in [-0.05, 0) is 89.6 Å². The number of carbonyl (C=O) groups excluding carboxylic acids is 4. The molecule has 0 bridgehead atoms. The van der Waals surface area contributed by atoms with Crippen LogP contribution in [0.15, 0.2) is 53.0 Å². The van der Waals surface area contributed by atoms with Crippen molar-refractivity contribution in [2.45, 2.75) is 113 Å². The van der Waals surface area contributed by atoms with Crippen LogP contribution < -0.4 is 24.8 Å². The van der Waals surface area contributed by atoms with Gasteiger partial charge in [-0.1, -0.05) is 25.0 Å². The fraction of sp³-hybridized carbons (Fsp3) is 0.500. The molecule has 314 valence electrons. The average molecular weight is 834 g/mol. The van der Waals surface area contributed by atoms with Gasteiger partial charge in [0.25, 0.3) is 5.91 Å². The molecule has 59 heavy (non-hydrogen) atoms. The maximum Gasteiger partial charge on any atom is 0.408 e. The molecule has 2 aromatic heterocycles. The molecule has 3 fully saturated rings. The quantitative estimate of drug-likeness (QED) is 0.198. The van der Waals surface area contributed by atoms with Crippen molar-refractivity contribution < 1.29 is 50.6 Å². The smallest absolute Gasteiger partial charge is 0.408 e. The Morgan fingerprint density at radius 1 is 1.05 bits per heavy atom. The lowest BCUT2D eigenvalue weighted by molar-refractivity contribution is -0.141. The van der Waals surface area contributed by atoms with Crippen LogP contribution in [0.5, 0.6) is 11.5 Å². The Bertz CT molecular complexity index is 2500. The highest BCUT2D eigenvalue weighted by Crippen LogP contribution is 2.46. The molecule has 5 atom stereocenters. The van der Waals surface area contributed by atoms with Crippen LogP contribution >= 0.6 is 0 Å². The number of hydrogen-bond acceptors (Lipinski definition) is 11. The number of sulfonamides is 1. The lowest BCUT2D eigenvalue weighted by Crippen LogP contribution is -2.58. The van der Waals surface area contributed by atoms with Gasteiger partial charge in [-0.25, -0.2) is 22.6 Å². The number of aromatic nitrogens is 1. The Hall–Kier alpha value is -5.45. The van der Waals surface area contributed by atoms with E-state index in [9.17, 15) is 32.0 Å². The van der Waals surface area contributed by atoms with Crippen LogP contribution in [0.4, 0.5) is 9.18 Å². The van der Waals surface area contributed by atoms with Gasteiger partial charge in [0.1, 0.15) is 52.0 Å². The standard InChI is InChI=1S/C42H48FN5O10S/c1-41(2,3)58-40(52)45-31-11-9-7-5-6-8-10-23-21-42(23,39(51)47-59(53,54)27-14-15-27)46-37(49)32-19-26(22-48(32)38(31)50)56-35-29-18-24(43)12-17-30(29)44-34-28-16-13-25(55-4)20-33(28)57-36(34)35/h8,10,12-13,16-18,20,23,26-27,31-32H,5-7,9,11,14-15,19,21-22H2,1-4H3,(H,45,52)(H,46,49)(H,47,51)/b10-8-/t23-,26+,31-,32-,42+/m0/s1. The highest BCUT2D eigenvalue weighted by molar-refractivity contribution is 7.91. The van der Waals surface area contributed by atoms with Crippen molar-refractivity contribution in [2.75, 3.05) is 13.7 Å². The number of halogens is 1. The summed E-state index contributed by atoms with van der Waals surface area (Å²) in [5, 5.41) is 5.88. The van der Waals surface area contributed by atoms with E-state index in [2.05, 4.69) is 15.4 Å². The molecule has 8 rings (SSSR count). The van der Waals surface area contributed by atoms with Crippen LogP contribution in [0.2, 0.25) is 0 Å². The Morgan fingerprint density at radius 3 is 2.59 bits per heavy atom. The fourth-order valence-corrected chi connectivity index (χ4v) is 9.43. The topological polar surface area (TPSA) is 195 Å². The third-order valence-electron chi connectivity index (χ3n) is 11.3.